The van der Waals surface area contributed by atoms with E-state index in [9.17, 15) is 9.90 Å². The van der Waals surface area contributed by atoms with Gasteiger partial charge in [0, 0.05) is 6.04 Å². The number of rotatable bonds is 4. The fraction of sp³-hybridized carbons (Fsp3) is 0.938. The first-order valence-electron chi connectivity index (χ1n) is 8.10. The zero-order valence-corrected chi connectivity index (χ0v) is 13.1. The lowest BCUT2D eigenvalue weighted by molar-refractivity contribution is -0.154. The summed E-state index contributed by atoms with van der Waals surface area (Å²) in [6.07, 6.45) is 6.19. The second-order valence-electron chi connectivity index (χ2n) is 6.75. The molecule has 0 spiro atoms. The van der Waals surface area contributed by atoms with Gasteiger partial charge in [0.25, 0.3) is 0 Å². The molecule has 4 nitrogen and oxygen atoms in total. The second kappa shape index (κ2) is 6.44. The molecule has 116 valence electrons. The number of piperidine rings is 1. The number of hydrogen-bond acceptors (Lipinski definition) is 3. The van der Waals surface area contributed by atoms with Gasteiger partial charge in [0.05, 0.1) is 17.6 Å². The van der Waals surface area contributed by atoms with Crippen molar-refractivity contribution in [1.82, 2.24) is 4.90 Å². The first kappa shape index (κ1) is 15.8. The summed E-state index contributed by atoms with van der Waals surface area (Å²) in [5.41, 5.74) is -0.465. The highest BCUT2D eigenvalue weighted by Crippen LogP contribution is 2.38. The minimum absolute atomic E-state index is 0.325. The number of likely N-dealkylation sites (tertiary alicyclic amines) is 1. The smallest absolute Gasteiger partial charge is 0.309 e. The number of carbonyl (C=O) groups is 1. The lowest BCUT2D eigenvalue weighted by Gasteiger charge is -2.45. The Morgan fingerprint density at radius 1 is 1.25 bits per heavy atom. The highest BCUT2D eigenvalue weighted by atomic mass is 16.5. The van der Waals surface area contributed by atoms with Crippen molar-refractivity contribution in [2.75, 3.05) is 13.1 Å². The summed E-state index contributed by atoms with van der Waals surface area (Å²) in [6.45, 7) is 8.22. The van der Waals surface area contributed by atoms with Gasteiger partial charge in [-0.05, 0) is 59.0 Å². The molecule has 2 aliphatic heterocycles. The van der Waals surface area contributed by atoms with Crippen molar-refractivity contribution < 1.29 is 14.6 Å². The van der Waals surface area contributed by atoms with Crippen LogP contribution in [0.4, 0.5) is 0 Å². The summed E-state index contributed by atoms with van der Waals surface area (Å²) in [7, 11) is 0. The van der Waals surface area contributed by atoms with Gasteiger partial charge >= 0.3 is 5.97 Å². The van der Waals surface area contributed by atoms with Crippen molar-refractivity contribution in [3.63, 3.8) is 0 Å². The van der Waals surface area contributed by atoms with Crippen molar-refractivity contribution >= 4 is 5.97 Å². The summed E-state index contributed by atoms with van der Waals surface area (Å²) < 4.78 is 5.80. The Balaban J connectivity index is 1.94. The topological polar surface area (TPSA) is 49.8 Å². The van der Waals surface area contributed by atoms with Crippen molar-refractivity contribution in [3.8, 4) is 0 Å². The maximum atomic E-state index is 11.6. The molecular formula is C16H29NO3. The van der Waals surface area contributed by atoms with E-state index in [-0.39, 0.29) is 0 Å². The van der Waals surface area contributed by atoms with Crippen LogP contribution in [0.3, 0.4) is 0 Å². The van der Waals surface area contributed by atoms with Crippen LogP contribution < -0.4 is 0 Å². The maximum Gasteiger partial charge on any atom is 0.309 e. The van der Waals surface area contributed by atoms with Crippen LogP contribution in [0.15, 0.2) is 0 Å². The normalized spacial score (nSPS) is 34.9. The van der Waals surface area contributed by atoms with Crippen molar-refractivity contribution in [2.45, 2.75) is 77.5 Å². The monoisotopic (exact) mass is 283 g/mol. The SMILES string of the molecule is CCCC1(C(=O)O)CCN(C2CC(C)OC(C)C2)CC1. The minimum Gasteiger partial charge on any atom is -0.481 e. The van der Waals surface area contributed by atoms with Gasteiger partial charge in [0.1, 0.15) is 0 Å². The Kier molecular flexibility index (Phi) is 5.08. The van der Waals surface area contributed by atoms with E-state index < -0.39 is 11.4 Å². The molecule has 2 rings (SSSR count). The Hall–Kier alpha value is -0.610. The summed E-state index contributed by atoms with van der Waals surface area (Å²) in [5, 5.41) is 9.56. The molecule has 2 aliphatic rings. The predicted octanol–water partition coefficient (Wildman–Crippen LogP) is 2.91. The van der Waals surface area contributed by atoms with Gasteiger partial charge < -0.3 is 14.7 Å². The molecule has 2 fully saturated rings. The van der Waals surface area contributed by atoms with Crippen LogP contribution >= 0.6 is 0 Å². The average molecular weight is 283 g/mol. The lowest BCUT2D eigenvalue weighted by Crippen LogP contribution is -2.51. The van der Waals surface area contributed by atoms with Gasteiger partial charge in [-0.2, -0.15) is 0 Å². The highest BCUT2D eigenvalue weighted by molar-refractivity contribution is 5.74. The Labute approximate surface area is 122 Å². The van der Waals surface area contributed by atoms with Gasteiger partial charge in [-0.3, -0.25) is 4.79 Å². The zero-order chi connectivity index (χ0) is 14.8. The zero-order valence-electron chi connectivity index (χ0n) is 13.1. The molecule has 1 N–H and O–H groups in total. The molecule has 0 aliphatic carbocycles. The fourth-order valence-corrected chi connectivity index (χ4v) is 4.03. The van der Waals surface area contributed by atoms with Crippen molar-refractivity contribution in [1.29, 1.82) is 0 Å². The molecule has 20 heavy (non-hydrogen) atoms. The minimum atomic E-state index is -0.590. The van der Waals surface area contributed by atoms with Gasteiger partial charge in [-0.15, -0.1) is 0 Å². The van der Waals surface area contributed by atoms with Crippen molar-refractivity contribution in [2.24, 2.45) is 5.41 Å². The molecule has 2 saturated heterocycles. The van der Waals surface area contributed by atoms with Crippen LogP contribution in [0, 0.1) is 5.41 Å². The number of carboxylic acid groups (broad SMARTS) is 1. The van der Waals surface area contributed by atoms with Crippen LogP contribution in [0.2, 0.25) is 0 Å². The van der Waals surface area contributed by atoms with Gasteiger partial charge in [-0.25, -0.2) is 0 Å². The number of hydrogen-bond donors (Lipinski definition) is 1. The molecule has 0 bridgehead atoms. The van der Waals surface area contributed by atoms with Gasteiger partial charge in [0.2, 0.25) is 0 Å². The average Bonchev–Trinajstić information content (AvgIpc) is 2.38. The molecule has 0 amide bonds. The van der Waals surface area contributed by atoms with E-state index in [0.717, 1.165) is 51.6 Å². The largest absolute Gasteiger partial charge is 0.481 e. The van der Waals surface area contributed by atoms with Crippen LogP contribution in [0.25, 0.3) is 0 Å². The third kappa shape index (κ3) is 3.34. The third-order valence-corrected chi connectivity index (χ3v) is 5.13. The quantitative estimate of drug-likeness (QED) is 0.862. The van der Waals surface area contributed by atoms with Crippen LogP contribution in [-0.2, 0) is 9.53 Å². The molecule has 2 unspecified atom stereocenters. The Bertz CT molecular complexity index is 327. The number of aliphatic carboxylic acids is 1. The first-order valence-corrected chi connectivity index (χ1v) is 8.10. The van der Waals surface area contributed by atoms with E-state index in [1.54, 1.807) is 0 Å². The van der Waals surface area contributed by atoms with Crippen LogP contribution in [0.1, 0.15) is 59.3 Å². The summed E-state index contributed by atoms with van der Waals surface area (Å²) in [5.74, 6) is -0.590. The summed E-state index contributed by atoms with van der Waals surface area (Å²) in [6, 6.07) is 0.571. The first-order chi connectivity index (χ1) is 9.47. The molecule has 0 saturated carbocycles. The fourth-order valence-electron chi connectivity index (χ4n) is 4.03. The van der Waals surface area contributed by atoms with E-state index in [0.29, 0.717) is 18.2 Å². The maximum absolute atomic E-state index is 11.6. The van der Waals surface area contributed by atoms with E-state index in [2.05, 4.69) is 25.7 Å². The van der Waals surface area contributed by atoms with E-state index in [4.69, 9.17) is 4.74 Å². The second-order valence-corrected chi connectivity index (χ2v) is 6.75. The lowest BCUT2D eigenvalue weighted by atomic mass is 9.74. The van der Waals surface area contributed by atoms with Crippen LogP contribution in [0.5, 0.6) is 0 Å². The molecule has 0 aromatic carbocycles. The number of nitrogens with zero attached hydrogens (tertiary/aromatic N) is 1. The van der Waals surface area contributed by atoms with Crippen LogP contribution in [-0.4, -0.2) is 47.3 Å². The summed E-state index contributed by atoms with van der Waals surface area (Å²) in [4.78, 5) is 14.1. The molecular weight excluding hydrogens is 254 g/mol. The molecule has 0 radical (unpaired) electrons. The molecule has 0 aromatic rings. The number of carboxylic acids is 1. The molecule has 2 atom stereocenters. The van der Waals surface area contributed by atoms with E-state index in [1.165, 1.54) is 0 Å². The Morgan fingerprint density at radius 2 is 1.80 bits per heavy atom. The Morgan fingerprint density at radius 3 is 2.25 bits per heavy atom. The van der Waals surface area contributed by atoms with Gasteiger partial charge in [-0.1, -0.05) is 13.3 Å². The molecule has 0 aromatic heterocycles. The highest BCUT2D eigenvalue weighted by Gasteiger charge is 2.42. The van der Waals surface area contributed by atoms with E-state index in [1.807, 2.05) is 0 Å². The van der Waals surface area contributed by atoms with Crippen molar-refractivity contribution in [3.05, 3.63) is 0 Å². The van der Waals surface area contributed by atoms with E-state index >= 15 is 0 Å². The third-order valence-electron chi connectivity index (χ3n) is 5.13. The molecule has 2 heterocycles. The summed E-state index contributed by atoms with van der Waals surface area (Å²) >= 11 is 0. The standard InChI is InChI=1S/C16H29NO3/c1-4-5-16(15(18)19)6-8-17(9-7-16)14-10-12(2)20-13(3)11-14/h12-14H,4-11H2,1-3H3,(H,18,19). The number of ether oxygens (including phenoxy) is 1. The molecule has 4 heteroatoms. The predicted molar refractivity (Wildman–Crippen MR) is 78.8 cm³/mol. The van der Waals surface area contributed by atoms with Gasteiger partial charge in [0.15, 0.2) is 0 Å².